The SMILES string of the molecule is Cc1ccccc1C[NH+](C)CC(=O)Nc1ccc(C(=O)N(C)C)cc1. The van der Waals surface area contributed by atoms with Crippen LogP contribution in [0.25, 0.3) is 0 Å². The van der Waals surface area contributed by atoms with Crippen LogP contribution in [0.4, 0.5) is 5.69 Å². The molecule has 0 saturated heterocycles. The van der Waals surface area contributed by atoms with Gasteiger partial charge in [-0.3, -0.25) is 9.59 Å². The third kappa shape index (κ3) is 5.43. The number of nitrogens with one attached hydrogen (secondary N) is 2. The molecule has 0 aliphatic carbocycles. The number of likely N-dealkylation sites (N-methyl/N-ethyl adjacent to an activating group) is 1. The minimum absolute atomic E-state index is 0.0437. The lowest BCUT2D eigenvalue weighted by atomic mass is 10.1. The van der Waals surface area contributed by atoms with Crippen molar-refractivity contribution in [1.82, 2.24) is 4.90 Å². The molecule has 2 N–H and O–H groups in total. The number of anilines is 1. The normalized spacial score (nSPS) is 11.7. The molecular formula is C20H26N3O2+. The van der Waals surface area contributed by atoms with E-state index in [-0.39, 0.29) is 11.8 Å². The molecule has 0 spiro atoms. The van der Waals surface area contributed by atoms with Crippen molar-refractivity contribution in [3.05, 3.63) is 65.2 Å². The molecule has 5 nitrogen and oxygen atoms in total. The fourth-order valence-electron chi connectivity index (χ4n) is 2.63. The van der Waals surface area contributed by atoms with Crippen LogP contribution in [-0.4, -0.2) is 44.4 Å². The lowest BCUT2D eigenvalue weighted by Gasteiger charge is -2.15. The van der Waals surface area contributed by atoms with Crippen molar-refractivity contribution in [3.63, 3.8) is 0 Å². The van der Waals surface area contributed by atoms with E-state index in [2.05, 4.69) is 24.4 Å². The van der Waals surface area contributed by atoms with Crippen LogP contribution in [0.15, 0.2) is 48.5 Å². The van der Waals surface area contributed by atoms with Gasteiger partial charge in [0.2, 0.25) is 0 Å². The zero-order valence-corrected chi connectivity index (χ0v) is 15.3. The van der Waals surface area contributed by atoms with Crippen LogP contribution in [0, 0.1) is 6.92 Å². The van der Waals surface area contributed by atoms with Gasteiger partial charge < -0.3 is 15.1 Å². The van der Waals surface area contributed by atoms with E-state index in [1.807, 2.05) is 19.2 Å². The molecule has 0 heterocycles. The van der Waals surface area contributed by atoms with Crippen molar-refractivity contribution < 1.29 is 14.5 Å². The van der Waals surface area contributed by atoms with Crippen LogP contribution in [0.3, 0.4) is 0 Å². The summed E-state index contributed by atoms with van der Waals surface area (Å²) in [4.78, 5) is 26.7. The second kappa shape index (κ2) is 8.44. The highest BCUT2D eigenvalue weighted by Gasteiger charge is 2.13. The number of rotatable bonds is 6. The van der Waals surface area contributed by atoms with Crippen LogP contribution in [0.2, 0.25) is 0 Å². The van der Waals surface area contributed by atoms with Crippen molar-refractivity contribution in [2.75, 3.05) is 33.0 Å². The molecule has 2 aromatic carbocycles. The number of benzene rings is 2. The molecule has 132 valence electrons. The Balaban J connectivity index is 1.89. The highest BCUT2D eigenvalue weighted by atomic mass is 16.2. The average Bonchev–Trinajstić information content (AvgIpc) is 2.56. The number of quaternary nitrogens is 1. The van der Waals surface area contributed by atoms with E-state index >= 15 is 0 Å². The largest absolute Gasteiger partial charge is 0.345 e. The van der Waals surface area contributed by atoms with E-state index in [0.717, 1.165) is 11.4 Å². The van der Waals surface area contributed by atoms with Gasteiger partial charge in [-0.25, -0.2) is 0 Å². The maximum atomic E-state index is 12.2. The van der Waals surface area contributed by atoms with Crippen LogP contribution >= 0.6 is 0 Å². The molecule has 2 aromatic rings. The number of amides is 2. The monoisotopic (exact) mass is 340 g/mol. The molecular weight excluding hydrogens is 314 g/mol. The summed E-state index contributed by atoms with van der Waals surface area (Å²) < 4.78 is 0. The fraction of sp³-hybridized carbons (Fsp3) is 0.300. The van der Waals surface area contributed by atoms with E-state index < -0.39 is 0 Å². The van der Waals surface area contributed by atoms with Crippen molar-refractivity contribution in [3.8, 4) is 0 Å². The molecule has 2 amide bonds. The number of nitrogens with zero attached hydrogens (tertiary/aromatic N) is 1. The number of hydrogen-bond acceptors (Lipinski definition) is 2. The molecule has 0 radical (unpaired) electrons. The molecule has 0 aliphatic rings. The topological polar surface area (TPSA) is 53.9 Å². The maximum absolute atomic E-state index is 12.2. The molecule has 1 unspecified atom stereocenters. The van der Waals surface area contributed by atoms with E-state index in [4.69, 9.17) is 0 Å². The number of hydrogen-bond donors (Lipinski definition) is 2. The summed E-state index contributed by atoms with van der Waals surface area (Å²) in [6, 6.07) is 15.2. The van der Waals surface area contributed by atoms with Crippen LogP contribution in [0.5, 0.6) is 0 Å². The molecule has 0 aliphatic heterocycles. The van der Waals surface area contributed by atoms with Crippen molar-refractivity contribution in [1.29, 1.82) is 0 Å². The standard InChI is InChI=1S/C20H25N3O2/c1-15-7-5-6-8-17(15)13-23(4)14-19(24)21-18-11-9-16(10-12-18)20(25)22(2)3/h5-12H,13-14H2,1-4H3,(H,21,24)/p+1. The molecule has 2 rings (SSSR count). The number of carbonyl (C=O) groups excluding carboxylic acids is 2. The van der Waals surface area contributed by atoms with Gasteiger partial charge in [-0.15, -0.1) is 0 Å². The Morgan fingerprint density at radius 1 is 1.04 bits per heavy atom. The Morgan fingerprint density at radius 2 is 1.68 bits per heavy atom. The van der Waals surface area contributed by atoms with Gasteiger partial charge in [0.25, 0.3) is 11.8 Å². The molecule has 0 saturated carbocycles. The van der Waals surface area contributed by atoms with Gasteiger partial charge in [-0.1, -0.05) is 24.3 Å². The summed E-state index contributed by atoms with van der Waals surface area (Å²) in [5.74, 6) is -0.0990. The quantitative estimate of drug-likeness (QED) is 0.834. The number of carbonyl (C=O) groups is 2. The summed E-state index contributed by atoms with van der Waals surface area (Å²) in [5, 5.41) is 2.88. The molecule has 25 heavy (non-hydrogen) atoms. The van der Waals surface area contributed by atoms with Gasteiger partial charge in [0.1, 0.15) is 6.54 Å². The lowest BCUT2D eigenvalue weighted by molar-refractivity contribution is -0.885. The lowest BCUT2D eigenvalue weighted by Crippen LogP contribution is -3.08. The van der Waals surface area contributed by atoms with Crippen molar-refractivity contribution >= 4 is 17.5 Å². The molecule has 5 heteroatoms. The summed E-state index contributed by atoms with van der Waals surface area (Å²) in [7, 11) is 5.43. The fourth-order valence-corrected chi connectivity index (χ4v) is 2.63. The van der Waals surface area contributed by atoms with Gasteiger partial charge in [0.15, 0.2) is 6.54 Å². The highest BCUT2D eigenvalue weighted by Crippen LogP contribution is 2.10. The summed E-state index contributed by atoms with van der Waals surface area (Å²) in [6.07, 6.45) is 0. The first-order valence-corrected chi connectivity index (χ1v) is 8.34. The Hall–Kier alpha value is -2.66. The first-order chi connectivity index (χ1) is 11.9. The smallest absolute Gasteiger partial charge is 0.279 e. The minimum Gasteiger partial charge on any atom is -0.345 e. The van der Waals surface area contributed by atoms with Gasteiger partial charge in [0.05, 0.1) is 7.05 Å². The Bertz CT molecular complexity index is 739. The van der Waals surface area contributed by atoms with Crippen molar-refractivity contribution in [2.24, 2.45) is 0 Å². The zero-order valence-electron chi connectivity index (χ0n) is 15.3. The number of aryl methyl sites for hydroxylation is 1. The summed E-state index contributed by atoms with van der Waals surface area (Å²) in [6.45, 7) is 3.27. The molecule has 0 fully saturated rings. The zero-order chi connectivity index (χ0) is 18.4. The second-order valence-corrected chi connectivity index (χ2v) is 6.56. The van der Waals surface area contributed by atoms with E-state index in [9.17, 15) is 9.59 Å². The molecule has 0 aromatic heterocycles. The molecule has 1 atom stereocenters. The van der Waals surface area contributed by atoms with Crippen LogP contribution in [-0.2, 0) is 11.3 Å². The predicted octanol–water partition coefficient (Wildman–Crippen LogP) is 1.35. The summed E-state index contributed by atoms with van der Waals surface area (Å²) >= 11 is 0. The first-order valence-electron chi connectivity index (χ1n) is 8.34. The second-order valence-electron chi connectivity index (χ2n) is 6.56. The van der Waals surface area contributed by atoms with Gasteiger partial charge in [-0.2, -0.15) is 0 Å². The van der Waals surface area contributed by atoms with Crippen molar-refractivity contribution in [2.45, 2.75) is 13.5 Å². The van der Waals surface area contributed by atoms with E-state index in [0.29, 0.717) is 17.8 Å². The van der Waals surface area contributed by atoms with E-state index in [1.54, 1.807) is 38.4 Å². The van der Waals surface area contributed by atoms with Crippen LogP contribution in [0.1, 0.15) is 21.5 Å². The third-order valence-corrected chi connectivity index (χ3v) is 4.04. The Kier molecular flexibility index (Phi) is 6.31. The first kappa shape index (κ1) is 18.7. The van der Waals surface area contributed by atoms with Gasteiger partial charge in [-0.05, 0) is 36.8 Å². The van der Waals surface area contributed by atoms with Gasteiger partial charge >= 0.3 is 0 Å². The van der Waals surface area contributed by atoms with Gasteiger partial charge in [0, 0.05) is 30.9 Å². The molecule has 0 bridgehead atoms. The average molecular weight is 340 g/mol. The Labute approximate surface area is 149 Å². The predicted molar refractivity (Wildman–Crippen MR) is 99.7 cm³/mol. The highest BCUT2D eigenvalue weighted by molar-refractivity contribution is 5.95. The maximum Gasteiger partial charge on any atom is 0.279 e. The van der Waals surface area contributed by atoms with Crippen LogP contribution < -0.4 is 10.2 Å². The minimum atomic E-state index is -0.0553. The van der Waals surface area contributed by atoms with E-state index in [1.165, 1.54) is 16.0 Å². The third-order valence-electron chi connectivity index (χ3n) is 4.04. The Morgan fingerprint density at radius 3 is 2.28 bits per heavy atom. The summed E-state index contributed by atoms with van der Waals surface area (Å²) in [5.41, 5.74) is 3.79.